The number of rotatable bonds is 6. The molecule has 0 aliphatic rings. The van der Waals surface area contributed by atoms with Gasteiger partial charge in [0.25, 0.3) is 14.3 Å². The maximum absolute atomic E-state index is 12.8. The summed E-state index contributed by atoms with van der Waals surface area (Å²) in [6, 6.07) is 10.1. The van der Waals surface area contributed by atoms with E-state index in [1.807, 2.05) is 30.3 Å². The lowest BCUT2D eigenvalue weighted by molar-refractivity contribution is -0.137. The predicted molar refractivity (Wildman–Crippen MR) is 115 cm³/mol. The Hall–Kier alpha value is -0.916. The summed E-state index contributed by atoms with van der Waals surface area (Å²) in [6.45, 7) is 21.8. The van der Waals surface area contributed by atoms with Gasteiger partial charge in [-0.3, -0.25) is 4.79 Å². The second-order valence-electron chi connectivity index (χ2n) is 10.2. The Morgan fingerprint density at radius 2 is 1.35 bits per heavy atom. The van der Waals surface area contributed by atoms with Crippen molar-refractivity contribution in [2.75, 3.05) is 0 Å². The van der Waals surface area contributed by atoms with Crippen LogP contribution >= 0.6 is 0 Å². The lowest BCUT2D eigenvalue weighted by atomic mass is 10.1. The standard InChI is InChI=1S/C21H38O3Si2/c1-20(2,3)25(7,8)23-18(17-14-12-11-13-15-17)16-19(22)24-26(9,10)21(4,5)6/h11-15,18H,16H2,1-10H3. The summed E-state index contributed by atoms with van der Waals surface area (Å²) >= 11 is 0. The molecule has 0 fully saturated rings. The Kier molecular flexibility index (Phi) is 7.10. The highest BCUT2D eigenvalue weighted by atomic mass is 28.4. The summed E-state index contributed by atoms with van der Waals surface area (Å²) in [7, 11) is -4.13. The molecule has 148 valence electrons. The van der Waals surface area contributed by atoms with Crippen molar-refractivity contribution < 1.29 is 13.6 Å². The average molecular weight is 395 g/mol. The highest BCUT2D eigenvalue weighted by molar-refractivity contribution is 6.75. The first-order chi connectivity index (χ1) is 11.6. The molecule has 0 saturated carbocycles. The van der Waals surface area contributed by atoms with Gasteiger partial charge in [0.2, 0.25) is 0 Å². The maximum atomic E-state index is 12.8. The smallest absolute Gasteiger partial charge is 0.295 e. The Morgan fingerprint density at radius 3 is 1.77 bits per heavy atom. The average Bonchev–Trinajstić information content (AvgIpc) is 2.44. The molecule has 5 heteroatoms. The van der Waals surface area contributed by atoms with Crippen molar-refractivity contribution in [3.05, 3.63) is 35.9 Å². The van der Waals surface area contributed by atoms with Gasteiger partial charge in [0, 0.05) is 0 Å². The molecule has 0 radical (unpaired) electrons. The van der Waals surface area contributed by atoms with Crippen molar-refractivity contribution in [1.82, 2.24) is 0 Å². The molecule has 0 aliphatic heterocycles. The topological polar surface area (TPSA) is 35.5 Å². The summed E-state index contributed by atoms with van der Waals surface area (Å²) in [5.74, 6) is -0.149. The zero-order chi connectivity index (χ0) is 20.4. The molecule has 1 atom stereocenters. The zero-order valence-electron chi connectivity index (χ0n) is 18.4. The first kappa shape index (κ1) is 23.1. The Bertz CT molecular complexity index is 596. The molecule has 0 N–H and O–H groups in total. The van der Waals surface area contributed by atoms with Crippen LogP contribution in [-0.4, -0.2) is 22.6 Å². The van der Waals surface area contributed by atoms with Gasteiger partial charge in [0.05, 0.1) is 12.5 Å². The lowest BCUT2D eigenvalue weighted by Crippen LogP contribution is -2.44. The quantitative estimate of drug-likeness (QED) is 0.504. The molecule has 0 aromatic heterocycles. The van der Waals surface area contributed by atoms with Gasteiger partial charge in [0.15, 0.2) is 8.32 Å². The second kappa shape index (κ2) is 7.99. The molecular formula is C21H38O3Si2. The molecule has 1 aromatic rings. The number of carbonyl (C=O) groups excluding carboxylic acids is 1. The molecule has 0 spiro atoms. The zero-order valence-corrected chi connectivity index (χ0v) is 20.4. The van der Waals surface area contributed by atoms with Crippen molar-refractivity contribution in [1.29, 1.82) is 0 Å². The summed E-state index contributed by atoms with van der Waals surface area (Å²) in [5.41, 5.74) is 1.05. The van der Waals surface area contributed by atoms with Gasteiger partial charge in [-0.1, -0.05) is 71.9 Å². The number of carbonyl (C=O) groups is 1. The van der Waals surface area contributed by atoms with Crippen LogP contribution in [0.3, 0.4) is 0 Å². The minimum atomic E-state index is -2.12. The molecule has 26 heavy (non-hydrogen) atoms. The molecule has 0 aliphatic carbocycles. The van der Waals surface area contributed by atoms with E-state index in [0.29, 0.717) is 0 Å². The molecular weight excluding hydrogens is 356 g/mol. The van der Waals surface area contributed by atoms with Crippen molar-refractivity contribution in [2.24, 2.45) is 0 Å². The van der Waals surface area contributed by atoms with Crippen LogP contribution in [0.15, 0.2) is 30.3 Å². The summed E-state index contributed by atoms with van der Waals surface area (Å²) in [5, 5.41) is 0.0918. The highest BCUT2D eigenvalue weighted by Crippen LogP contribution is 2.41. The van der Waals surface area contributed by atoms with Crippen molar-refractivity contribution in [3.63, 3.8) is 0 Å². The van der Waals surface area contributed by atoms with Crippen LogP contribution in [0.2, 0.25) is 36.3 Å². The van der Waals surface area contributed by atoms with Gasteiger partial charge in [-0.25, -0.2) is 0 Å². The number of hydrogen-bond acceptors (Lipinski definition) is 3. The Morgan fingerprint density at radius 1 is 0.885 bits per heavy atom. The van der Waals surface area contributed by atoms with Crippen LogP contribution < -0.4 is 0 Å². The van der Waals surface area contributed by atoms with Crippen LogP contribution in [0.5, 0.6) is 0 Å². The maximum Gasteiger partial charge on any atom is 0.295 e. The van der Waals surface area contributed by atoms with E-state index in [9.17, 15) is 4.79 Å². The fraction of sp³-hybridized carbons (Fsp3) is 0.667. The fourth-order valence-corrected chi connectivity index (χ4v) is 4.30. The van der Waals surface area contributed by atoms with E-state index < -0.39 is 16.6 Å². The minimum absolute atomic E-state index is 0.00515. The lowest BCUT2D eigenvalue weighted by Gasteiger charge is -2.40. The third kappa shape index (κ3) is 6.06. The van der Waals surface area contributed by atoms with E-state index in [-0.39, 0.29) is 28.6 Å². The van der Waals surface area contributed by atoms with Gasteiger partial charge in [-0.05, 0) is 41.8 Å². The number of benzene rings is 1. The Labute approximate surface area is 162 Å². The third-order valence-corrected chi connectivity index (χ3v) is 14.8. The predicted octanol–water partition coefficient (Wildman–Crippen LogP) is 6.69. The monoisotopic (exact) mass is 394 g/mol. The van der Waals surface area contributed by atoms with Crippen molar-refractivity contribution in [3.8, 4) is 0 Å². The summed E-state index contributed by atoms with van der Waals surface area (Å²) in [6.07, 6.45) is 0.0117. The van der Waals surface area contributed by atoms with E-state index in [1.165, 1.54) is 0 Å². The first-order valence-corrected chi connectivity index (χ1v) is 15.3. The van der Waals surface area contributed by atoms with Gasteiger partial charge in [0.1, 0.15) is 0 Å². The van der Waals surface area contributed by atoms with Gasteiger partial charge in [-0.2, -0.15) is 0 Å². The largest absolute Gasteiger partial charge is 0.519 e. The van der Waals surface area contributed by atoms with Crippen LogP contribution in [0.25, 0.3) is 0 Å². The first-order valence-electron chi connectivity index (χ1n) is 9.51. The molecule has 3 nitrogen and oxygen atoms in total. The molecule has 0 heterocycles. The van der Waals surface area contributed by atoms with E-state index in [2.05, 4.69) is 67.7 Å². The highest BCUT2D eigenvalue weighted by Gasteiger charge is 2.42. The molecule has 1 aromatic carbocycles. The fourth-order valence-electron chi connectivity index (χ4n) is 2.06. The van der Waals surface area contributed by atoms with E-state index in [1.54, 1.807) is 0 Å². The molecule has 0 saturated heterocycles. The van der Waals surface area contributed by atoms with Crippen LogP contribution in [0.4, 0.5) is 0 Å². The normalized spacial score (nSPS) is 14.8. The van der Waals surface area contributed by atoms with Crippen LogP contribution in [-0.2, 0) is 13.6 Å². The number of hydrogen-bond donors (Lipinski definition) is 0. The van der Waals surface area contributed by atoms with Gasteiger partial charge in [-0.15, -0.1) is 0 Å². The van der Waals surface area contributed by atoms with Crippen LogP contribution in [0, 0.1) is 0 Å². The van der Waals surface area contributed by atoms with E-state index in [0.717, 1.165) is 5.56 Å². The Balaban J connectivity index is 3.03. The van der Waals surface area contributed by atoms with Gasteiger partial charge < -0.3 is 8.85 Å². The van der Waals surface area contributed by atoms with E-state index >= 15 is 0 Å². The minimum Gasteiger partial charge on any atom is -0.519 e. The molecule has 1 rings (SSSR count). The second-order valence-corrected chi connectivity index (χ2v) is 19.7. The summed E-state index contributed by atoms with van der Waals surface area (Å²) < 4.78 is 12.6. The SMILES string of the molecule is CC(C)(C)[Si](C)(C)OC(=O)CC(O[Si](C)(C)C(C)(C)C)c1ccccc1. The van der Waals surface area contributed by atoms with Crippen molar-refractivity contribution in [2.45, 2.75) is 90.3 Å². The van der Waals surface area contributed by atoms with E-state index in [4.69, 9.17) is 8.85 Å². The van der Waals surface area contributed by atoms with Crippen molar-refractivity contribution >= 4 is 22.6 Å². The third-order valence-electron chi connectivity index (χ3n) is 5.94. The summed E-state index contributed by atoms with van der Waals surface area (Å²) in [4.78, 5) is 12.8. The molecule has 0 bridgehead atoms. The molecule has 0 amide bonds. The molecule has 1 unspecified atom stereocenters. The van der Waals surface area contributed by atoms with Crippen LogP contribution in [0.1, 0.15) is 59.6 Å². The van der Waals surface area contributed by atoms with Gasteiger partial charge >= 0.3 is 0 Å².